The summed E-state index contributed by atoms with van der Waals surface area (Å²) in [5, 5.41) is 4.33. The molecule has 1 saturated carbocycles. The first-order chi connectivity index (χ1) is 11.3. The van der Waals surface area contributed by atoms with Gasteiger partial charge in [-0.2, -0.15) is 0 Å². The summed E-state index contributed by atoms with van der Waals surface area (Å²) < 4.78 is 5.52. The van der Waals surface area contributed by atoms with Crippen LogP contribution in [0.3, 0.4) is 0 Å². The molecule has 0 bridgehead atoms. The molecule has 3 N–H and O–H groups in total. The molecule has 0 spiro atoms. The summed E-state index contributed by atoms with van der Waals surface area (Å²) in [5.74, 6) is 1.55. The summed E-state index contributed by atoms with van der Waals surface area (Å²) in [7, 11) is 0. The van der Waals surface area contributed by atoms with Gasteiger partial charge in [0.2, 0.25) is 5.95 Å². The van der Waals surface area contributed by atoms with Crippen molar-refractivity contribution in [1.82, 2.24) is 15.0 Å². The quantitative estimate of drug-likeness (QED) is 0.906. The lowest BCUT2D eigenvalue weighted by molar-refractivity contribution is 0.194. The number of nitrogens with one attached hydrogen (secondary N) is 1. The van der Waals surface area contributed by atoms with E-state index in [1.54, 1.807) is 6.20 Å². The van der Waals surface area contributed by atoms with Crippen LogP contribution in [-0.4, -0.2) is 34.2 Å². The van der Waals surface area contributed by atoms with E-state index in [1.165, 1.54) is 32.1 Å². The molecule has 122 valence electrons. The van der Waals surface area contributed by atoms with Crippen LogP contribution in [0.4, 0.5) is 11.8 Å². The third kappa shape index (κ3) is 2.95. The molecule has 1 unspecified atom stereocenters. The number of nitrogen functional groups attached to an aromatic ring is 1. The van der Waals surface area contributed by atoms with Gasteiger partial charge in [0.1, 0.15) is 5.82 Å². The Labute approximate surface area is 135 Å². The van der Waals surface area contributed by atoms with Crippen LogP contribution in [0.1, 0.15) is 50.0 Å². The minimum atomic E-state index is 0.350. The van der Waals surface area contributed by atoms with Gasteiger partial charge in [0.25, 0.3) is 0 Å². The van der Waals surface area contributed by atoms with Gasteiger partial charge in [0.15, 0.2) is 0 Å². The number of aromatic nitrogens is 3. The summed E-state index contributed by atoms with van der Waals surface area (Å²) in [6, 6.07) is 0.485. The van der Waals surface area contributed by atoms with Crippen LogP contribution in [0.15, 0.2) is 12.4 Å². The summed E-state index contributed by atoms with van der Waals surface area (Å²) in [6.07, 6.45) is 11.0. The third-order valence-corrected chi connectivity index (χ3v) is 4.99. The van der Waals surface area contributed by atoms with E-state index in [4.69, 9.17) is 15.5 Å². The highest BCUT2D eigenvalue weighted by molar-refractivity contribution is 5.90. The molecule has 2 fully saturated rings. The third-order valence-electron chi connectivity index (χ3n) is 4.99. The molecule has 4 rings (SSSR count). The summed E-state index contributed by atoms with van der Waals surface area (Å²) in [6.45, 7) is 1.53. The van der Waals surface area contributed by atoms with E-state index >= 15 is 0 Å². The van der Waals surface area contributed by atoms with Gasteiger partial charge in [0, 0.05) is 36.5 Å². The Kier molecular flexibility index (Phi) is 3.99. The second-order valence-corrected chi connectivity index (χ2v) is 6.59. The van der Waals surface area contributed by atoms with E-state index in [-0.39, 0.29) is 0 Å². The van der Waals surface area contributed by atoms with Gasteiger partial charge < -0.3 is 15.8 Å². The van der Waals surface area contributed by atoms with E-state index in [0.29, 0.717) is 23.7 Å². The second-order valence-electron chi connectivity index (χ2n) is 6.59. The lowest BCUT2D eigenvalue weighted by Crippen LogP contribution is -2.23. The van der Waals surface area contributed by atoms with Crippen LogP contribution in [0.25, 0.3) is 10.9 Å². The van der Waals surface area contributed by atoms with Gasteiger partial charge >= 0.3 is 0 Å². The number of nitrogens with two attached hydrogens (primary N) is 1. The van der Waals surface area contributed by atoms with Crippen molar-refractivity contribution in [1.29, 1.82) is 0 Å². The molecule has 1 atom stereocenters. The Bertz CT molecular complexity index is 693. The Balaban J connectivity index is 1.69. The second kappa shape index (κ2) is 6.28. The Morgan fingerprint density at radius 1 is 1.09 bits per heavy atom. The van der Waals surface area contributed by atoms with Gasteiger partial charge in [-0.05, 0) is 19.3 Å². The molecule has 6 heteroatoms. The summed E-state index contributed by atoms with van der Waals surface area (Å²) in [4.78, 5) is 13.6. The molecule has 0 radical (unpaired) electrons. The first-order valence-corrected chi connectivity index (χ1v) is 8.56. The SMILES string of the molecule is Nc1ncc(C2CCOC2)c2nc(NC3CCCCC3)ncc12. The smallest absolute Gasteiger partial charge is 0.223 e. The van der Waals surface area contributed by atoms with Crippen molar-refractivity contribution in [2.75, 3.05) is 24.3 Å². The molecule has 0 amide bonds. The molecule has 23 heavy (non-hydrogen) atoms. The van der Waals surface area contributed by atoms with Gasteiger partial charge in [0.05, 0.1) is 17.5 Å². The average molecular weight is 313 g/mol. The van der Waals surface area contributed by atoms with Crippen molar-refractivity contribution in [3.63, 3.8) is 0 Å². The highest BCUT2D eigenvalue weighted by atomic mass is 16.5. The van der Waals surface area contributed by atoms with Crippen molar-refractivity contribution < 1.29 is 4.74 Å². The van der Waals surface area contributed by atoms with Crippen LogP contribution in [0, 0.1) is 0 Å². The molecule has 2 aromatic heterocycles. The number of hydrogen-bond acceptors (Lipinski definition) is 6. The molecular formula is C17H23N5O. The predicted octanol–water partition coefficient (Wildman–Crippen LogP) is 2.86. The molecule has 1 saturated heterocycles. The van der Waals surface area contributed by atoms with E-state index in [9.17, 15) is 0 Å². The lowest BCUT2D eigenvalue weighted by atomic mass is 9.96. The molecular weight excluding hydrogens is 290 g/mol. The topological polar surface area (TPSA) is 86.0 Å². The van der Waals surface area contributed by atoms with Crippen molar-refractivity contribution in [3.8, 4) is 0 Å². The monoisotopic (exact) mass is 313 g/mol. The van der Waals surface area contributed by atoms with Crippen LogP contribution in [0.2, 0.25) is 0 Å². The van der Waals surface area contributed by atoms with E-state index in [1.807, 2.05) is 6.20 Å². The largest absolute Gasteiger partial charge is 0.383 e. The fourth-order valence-corrected chi connectivity index (χ4v) is 3.64. The van der Waals surface area contributed by atoms with Gasteiger partial charge in [-0.25, -0.2) is 15.0 Å². The maximum absolute atomic E-state index is 6.02. The Morgan fingerprint density at radius 3 is 2.74 bits per heavy atom. The maximum atomic E-state index is 6.02. The first-order valence-electron chi connectivity index (χ1n) is 8.56. The van der Waals surface area contributed by atoms with Crippen LogP contribution < -0.4 is 11.1 Å². The number of hydrogen-bond donors (Lipinski definition) is 2. The summed E-state index contributed by atoms with van der Waals surface area (Å²) >= 11 is 0. The molecule has 1 aliphatic heterocycles. The molecule has 6 nitrogen and oxygen atoms in total. The number of ether oxygens (including phenoxy) is 1. The minimum Gasteiger partial charge on any atom is -0.383 e. The molecule has 3 heterocycles. The van der Waals surface area contributed by atoms with Gasteiger partial charge in [-0.15, -0.1) is 0 Å². The number of rotatable bonds is 3. The van der Waals surface area contributed by atoms with E-state index < -0.39 is 0 Å². The molecule has 1 aliphatic carbocycles. The summed E-state index contributed by atoms with van der Waals surface area (Å²) in [5.41, 5.74) is 8.06. The highest BCUT2D eigenvalue weighted by Crippen LogP contribution is 2.32. The molecule has 0 aromatic carbocycles. The van der Waals surface area contributed by atoms with Gasteiger partial charge in [-0.3, -0.25) is 0 Å². The van der Waals surface area contributed by atoms with Crippen molar-refractivity contribution in [3.05, 3.63) is 18.0 Å². The average Bonchev–Trinajstić information content (AvgIpc) is 3.10. The Hall–Kier alpha value is -1.95. The van der Waals surface area contributed by atoms with Crippen LogP contribution in [-0.2, 0) is 4.74 Å². The zero-order valence-electron chi connectivity index (χ0n) is 13.3. The molecule has 2 aliphatic rings. The van der Waals surface area contributed by atoms with E-state index in [2.05, 4.69) is 15.3 Å². The normalized spacial score (nSPS) is 22.5. The number of anilines is 2. The fraction of sp³-hybridized carbons (Fsp3) is 0.588. The molecule has 2 aromatic rings. The zero-order chi connectivity index (χ0) is 15.6. The zero-order valence-corrected chi connectivity index (χ0v) is 13.3. The number of pyridine rings is 1. The van der Waals surface area contributed by atoms with Crippen LogP contribution in [0.5, 0.6) is 0 Å². The van der Waals surface area contributed by atoms with Gasteiger partial charge in [-0.1, -0.05) is 19.3 Å². The number of fused-ring (bicyclic) bond motifs is 1. The minimum absolute atomic E-state index is 0.350. The Morgan fingerprint density at radius 2 is 1.96 bits per heavy atom. The first kappa shape index (κ1) is 14.6. The van der Waals surface area contributed by atoms with Crippen LogP contribution >= 0.6 is 0 Å². The van der Waals surface area contributed by atoms with Crippen molar-refractivity contribution in [2.45, 2.75) is 50.5 Å². The number of nitrogens with zero attached hydrogens (tertiary/aromatic N) is 3. The van der Waals surface area contributed by atoms with E-state index in [0.717, 1.165) is 36.1 Å². The van der Waals surface area contributed by atoms with Crippen molar-refractivity contribution >= 4 is 22.7 Å². The lowest BCUT2D eigenvalue weighted by Gasteiger charge is -2.23. The fourth-order valence-electron chi connectivity index (χ4n) is 3.64. The van der Waals surface area contributed by atoms with Crippen molar-refractivity contribution in [2.24, 2.45) is 0 Å². The maximum Gasteiger partial charge on any atom is 0.223 e. The standard InChI is InChI=1S/C17H23N5O/c18-16-14-9-20-17(21-12-4-2-1-3-5-12)22-15(14)13(8-19-16)11-6-7-23-10-11/h8-9,11-12H,1-7,10H2,(H2,18,19)(H,20,21,22). The highest BCUT2D eigenvalue weighted by Gasteiger charge is 2.22. The predicted molar refractivity (Wildman–Crippen MR) is 90.4 cm³/mol.